The van der Waals surface area contributed by atoms with Crippen molar-refractivity contribution in [1.29, 1.82) is 0 Å². The summed E-state index contributed by atoms with van der Waals surface area (Å²) in [7, 11) is 1.40. The lowest BCUT2D eigenvalue weighted by molar-refractivity contribution is -0.126. The molecule has 2 heterocycles. The minimum Gasteiger partial charge on any atom is -0.495 e. The number of likely N-dealkylation sites (tertiary alicyclic amines) is 1. The maximum Gasteiger partial charge on any atom is 0.286 e. The summed E-state index contributed by atoms with van der Waals surface area (Å²) in [6.07, 6.45) is 0.974. The van der Waals surface area contributed by atoms with Gasteiger partial charge in [0, 0.05) is 17.3 Å². The van der Waals surface area contributed by atoms with Gasteiger partial charge in [-0.25, -0.2) is 8.78 Å². The van der Waals surface area contributed by atoms with E-state index in [1.807, 2.05) is 0 Å². The number of halogens is 2. The Bertz CT molecular complexity index is 574. The van der Waals surface area contributed by atoms with E-state index in [9.17, 15) is 18.4 Å². The van der Waals surface area contributed by atoms with Crippen LogP contribution in [0.4, 0.5) is 8.78 Å². The smallest absolute Gasteiger partial charge is 0.286 e. The summed E-state index contributed by atoms with van der Waals surface area (Å²) in [4.78, 5) is 24.4. The fourth-order valence-electron chi connectivity index (χ4n) is 2.08. The molecule has 1 aromatic heterocycles. The fraction of sp³-hybridized carbons (Fsp3) is 0.385. The third-order valence-electron chi connectivity index (χ3n) is 3.20. The first kappa shape index (κ1) is 15.4. The lowest BCUT2D eigenvalue weighted by Gasteiger charge is -2.18. The average molecular weight is 316 g/mol. The normalized spacial score (nSPS) is 20.1. The number of nitrogens with one attached hydrogen (secondary N) is 1. The van der Waals surface area contributed by atoms with E-state index in [-0.39, 0.29) is 12.1 Å². The van der Waals surface area contributed by atoms with Crippen LogP contribution in [0.3, 0.4) is 0 Å². The van der Waals surface area contributed by atoms with Gasteiger partial charge in [0.2, 0.25) is 5.91 Å². The van der Waals surface area contributed by atoms with E-state index >= 15 is 0 Å². The SMILES string of the molecule is C=CC(=O)N1CC(NC(=O)c2cscc2OC)C(F)(F)C1. The van der Waals surface area contributed by atoms with Crippen molar-refractivity contribution in [3.05, 3.63) is 29.0 Å². The van der Waals surface area contributed by atoms with Crippen LogP contribution in [-0.4, -0.2) is 48.9 Å². The molecule has 0 saturated carbocycles. The maximum atomic E-state index is 13.9. The molecule has 0 radical (unpaired) electrons. The Hall–Kier alpha value is -1.96. The molecule has 1 N–H and O–H groups in total. The number of alkyl halides is 2. The number of nitrogens with zero attached hydrogens (tertiary/aromatic N) is 1. The van der Waals surface area contributed by atoms with Crippen LogP contribution in [0.15, 0.2) is 23.4 Å². The van der Waals surface area contributed by atoms with Crippen LogP contribution >= 0.6 is 11.3 Å². The average Bonchev–Trinajstić information content (AvgIpc) is 3.02. The van der Waals surface area contributed by atoms with E-state index in [4.69, 9.17) is 4.74 Å². The Morgan fingerprint density at radius 3 is 2.90 bits per heavy atom. The minimum absolute atomic E-state index is 0.201. The van der Waals surface area contributed by atoms with Gasteiger partial charge in [-0.1, -0.05) is 6.58 Å². The van der Waals surface area contributed by atoms with E-state index in [1.54, 1.807) is 5.38 Å². The number of hydrogen-bond donors (Lipinski definition) is 1. The topological polar surface area (TPSA) is 58.6 Å². The Balaban J connectivity index is 2.10. The predicted molar refractivity (Wildman–Crippen MR) is 73.8 cm³/mol. The first-order valence-electron chi connectivity index (χ1n) is 6.09. The number of hydrogen-bond acceptors (Lipinski definition) is 4. The molecule has 0 spiro atoms. The zero-order chi connectivity index (χ0) is 15.6. The molecule has 0 aromatic carbocycles. The Kier molecular flexibility index (Phi) is 4.26. The maximum absolute atomic E-state index is 13.9. The van der Waals surface area contributed by atoms with Crippen LogP contribution in [0.5, 0.6) is 5.75 Å². The minimum atomic E-state index is -3.18. The highest BCUT2D eigenvalue weighted by Gasteiger charge is 2.50. The molecule has 1 fully saturated rings. The van der Waals surface area contributed by atoms with Crippen molar-refractivity contribution in [2.45, 2.75) is 12.0 Å². The highest BCUT2D eigenvalue weighted by atomic mass is 32.1. The lowest BCUT2D eigenvalue weighted by atomic mass is 10.2. The lowest BCUT2D eigenvalue weighted by Crippen LogP contribution is -2.46. The Labute approximate surface area is 124 Å². The van der Waals surface area contributed by atoms with Crippen molar-refractivity contribution in [3.63, 3.8) is 0 Å². The van der Waals surface area contributed by atoms with Crippen molar-refractivity contribution < 1.29 is 23.1 Å². The molecule has 1 aliphatic heterocycles. The van der Waals surface area contributed by atoms with Crippen LogP contribution in [-0.2, 0) is 4.79 Å². The summed E-state index contributed by atoms with van der Waals surface area (Å²) in [6, 6.07) is -1.43. The van der Waals surface area contributed by atoms with E-state index < -0.39 is 30.3 Å². The molecule has 1 atom stereocenters. The van der Waals surface area contributed by atoms with Gasteiger partial charge in [0.05, 0.1) is 19.2 Å². The van der Waals surface area contributed by atoms with Crippen molar-refractivity contribution >= 4 is 23.2 Å². The molecule has 1 saturated heterocycles. The van der Waals surface area contributed by atoms with Crippen molar-refractivity contribution in [2.75, 3.05) is 20.2 Å². The van der Waals surface area contributed by atoms with E-state index in [1.165, 1.54) is 23.8 Å². The zero-order valence-corrected chi connectivity index (χ0v) is 12.1. The van der Waals surface area contributed by atoms with Gasteiger partial charge < -0.3 is 15.0 Å². The summed E-state index contributed by atoms with van der Waals surface area (Å²) in [5, 5.41) is 5.39. The van der Waals surface area contributed by atoms with E-state index in [0.717, 1.165) is 11.0 Å². The number of thiophene rings is 1. The highest BCUT2D eigenvalue weighted by Crippen LogP contribution is 2.29. The molecule has 0 aliphatic carbocycles. The number of carbonyl (C=O) groups is 2. The molecule has 8 heteroatoms. The molecule has 1 aromatic rings. The number of methoxy groups -OCH3 is 1. The first-order chi connectivity index (χ1) is 9.89. The third-order valence-corrected chi connectivity index (χ3v) is 3.92. The number of carbonyl (C=O) groups excluding carboxylic acids is 2. The summed E-state index contributed by atoms with van der Waals surface area (Å²) in [5.41, 5.74) is 0.201. The van der Waals surface area contributed by atoms with Crippen molar-refractivity contribution in [3.8, 4) is 5.75 Å². The first-order valence-corrected chi connectivity index (χ1v) is 7.03. The quantitative estimate of drug-likeness (QED) is 0.857. The monoisotopic (exact) mass is 316 g/mol. The van der Waals surface area contributed by atoms with E-state index in [2.05, 4.69) is 11.9 Å². The van der Waals surface area contributed by atoms with Gasteiger partial charge in [0.15, 0.2) is 0 Å². The van der Waals surface area contributed by atoms with E-state index in [0.29, 0.717) is 5.75 Å². The summed E-state index contributed by atoms with van der Waals surface area (Å²) in [5.74, 6) is -4.08. The molecule has 0 bridgehead atoms. The van der Waals surface area contributed by atoms with Gasteiger partial charge in [-0.3, -0.25) is 9.59 Å². The highest BCUT2D eigenvalue weighted by molar-refractivity contribution is 7.08. The molecular formula is C13H14F2N2O3S. The Morgan fingerprint density at radius 2 is 2.29 bits per heavy atom. The molecule has 2 rings (SSSR count). The van der Waals surface area contributed by atoms with Crippen LogP contribution in [0.1, 0.15) is 10.4 Å². The summed E-state index contributed by atoms with van der Waals surface area (Å²) >= 11 is 1.23. The summed E-state index contributed by atoms with van der Waals surface area (Å²) in [6.45, 7) is 2.28. The Morgan fingerprint density at radius 1 is 1.57 bits per heavy atom. The van der Waals surface area contributed by atoms with Crippen LogP contribution in [0, 0.1) is 0 Å². The zero-order valence-electron chi connectivity index (χ0n) is 11.3. The largest absolute Gasteiger partial charge is 0.495 e. The second-order valence-electron chi connectivity index (χ2n) is 4.56. The molecule has 114 valence electrons. The van der Waals surface area contributed by atoms with Crippen LogP contribution < -0.4 is 10.1 Å². The van der Waals surface area contributed by atoms with Crippen LogP contribution in [0.2, 0.25) is 0 Å². The third kappa shape index (κ3) is 3.05. The van der Waals surface area contributed by atoms with Gasteiger partial charge in [-0.2, -0.15) is 0 Å². The van der Waals surface area contributed by atoms with Gasteiger partial charge in [-0.15, -0.1) is 11.3 Å². The van der Waals surface area contributed by atoms with Gasteiger partial charge in [0.1, 0.15) is 11.8 Å². The van der Waals surface area contributed by atoms with Crippen molar-refractivity contribution in [2.24, 2.45) is 0 Å². The second-order valence-corrected chi connectivity index (χ2v) is 5.31. The van der Waals surface area contributed by atoms with Gasteiger partial charge in [-0.05, 0) is 6.08 Å². The predicted octanol–water partition coefficient (Wildman–Crippen LogP) is 1.52. The molecule has 1 unspecified atom stereocenters. The number of amides is 2. The van der Waals surface area contributed by atoms with Crippen molar-refractivity contribution in [1.82, 2.24) is 10.2 Å². The molecule has 5 nitrogen and oxygen atoms in total. The summed E-state index contributed by atoms with van der Waals surface area (Å²) < 4.78 is 32.7. The molecule has 21 heavy (non-hydrogen) atoms. The molecular weight excluding hydrogens is 302 g/mol. The van der Waals surface area contributed by atoms with Gasteiger partial charge >= 0.3 is 0 Å². The van der Waals surface area contributed by atoms with Crippen LogP contribution in [0.25, 0.3) is 0 Å². The standard InChI is InChI=1S/C13H14F2N2O3S/c1-3-11(18)17-4-10(13(14,15)7-17)16-12(19)8-5-21-6-9(8)20-2/h3,5-6,10H,1,4,7H2,2H3,(H,16,19). The number of ether oxygens (including phenoxy) is 1. The molecule has 1 aliphatic rings. The number of rotatable bonds is 4. The fourth-order valence-corrected chi connectivity index (χ4v) is 2.85. The second kappa shape index (κ2) is 5.80. The van der Waals surface area contributed by atoms with Gasteiger partial charge in [0.25, 0.3) is 11.8 Å². The molecule has 2 amide bonds.